The lowest BCUT2D eigenvalue weighted by atomic mass is 10.1. The second-order valence-corrected chi connectivity index (χ2v) is 6.39. The first-order valence-corrected chi connectivity index (χ1v) is 9.47. The lowest BCUT2D eigenvalue weighted by Gasteiger charge is -2.35. The molecule has 0 aromatic heterocycles. The van der Waals surface area contributed by atoms with E-state index in [1.807, 2.05) is 0 Å². The van der Waals surface area contributed by atoms with Crippen LogP contribution >= 0.6 is 0 Å². The third-order valence-electron chi connectivity index (χ3n) is 4.68. The van der Waals surface area contributed by atoms with Crippen molar-refractivity contribution in [3.8, 4) is 17.2 Å². The molecule has 160 valence electrons. The normalized spacial score (nSPS) is 13.7. The van der Waals surface area contributed by atoms with E-state index in [1.54, 1.807) is 28.9 Å². The Bertz CT molecular complexity index is 717. The summed E-state index contributed by atoms with van der Waals surface area (Å²) in [5.74, 6) is 0.562. The number of benzene rings is 1. The van der Waals surface area contributed by atoms with Crippen LogP contribution in [0.1, 0.15) is 30.1 Å². The van der Waals surface area contributed by atoms with E-state index in [-0.39, 0.29) is 30.6 Å². The van der Waals surface area contributed by atoms with Gasteiger partial charge >= 0.3 is 5.97 Å². The fraction of sp³-hybridized carbons (Fsp3) is 0.550. The van der Waals surface area contributed by atoms with Crippen LogP contribution in [-0.2, 0) is 14.3 Å². The number of rotatable bonds is 8. The Labute approximate surface area is 170 Å². The van der Waals surface area contributed by atoms with Crippen LogP contribution in [0, 0.1) is 0 Å². The van der Waals surface area contributed by atoms with Crippen LogP contribution in [0.5, 0.6) is 17.2 Å². The van der Waals surface area contributed by atoms with Gasteiger partial charge in [0.2, 0.25) is 11.7 Å². The van der Waals surface area contributed by atoms with E-state index in [9.17, 15) is 14.4 Å². The molecular weight excluding hydrogens is 380 g/mol. The highest BCUT2D eigenvalue weighted by Crippen LogP contribution is 2.38. The minimum Gasteiger partial charge on any atom is -0.493 e. The molecule has 1 aliphatic rings. The summed E-state index contributed by atoms with van der Waals surface area (Å²) in [6.07, 6.45) is 0.177. The smallest absolute Gasteiger partial charge is 0.306 e. The zero-order valence-corrected chi connectivity index (χ0v) is 17.4. The van der Waals surface area contributed by atoms with Crippen LogP contribution in [0.4, 0.5) is 0 Å². The molecule has 0 bridgehead atoms. The molecule has 1 aliphatic heterocycles. The van der Waals surface area contributed by atoms with Gasteiger partial charge in [-0.1, -0.05) is 0 Å². The zero-order valence-electron chi connectivity index (χ0n) is 17.4. The molecular formula is C20H28N2O7. The summed E-state index contributed by atoms with van der Waals surface area (Å²) in [6, 6.07) is 3.22. The summed E-state index contributed by atoms with van der Waals surface area (Å²) >= 11 is 0. The van der Waals surface area contributed by atoms with E-state index in [2.05, 4.69) is 0 Å². The lowest BCUT2D eigenvalue weighted by Crippen LogP contribution is -2.50. The topological polar surface area (TPSA) is 94.6 Å². The van der Waals surface area contributed by atoms with Crippen molar-refractivity contribution >= 4 is 17.8 Å². The van der Waals surface area contributed by atoms with E-state index >= 15 is 0 Å². The minimum atomic E-state index is -0.378. The Morgan fingerprint density at radius 1 is 0.862 bits per heavy atom. The van der Waals surface area contributed by atoms with Crippen molar-refractivity contribution in [1.82, 2.24) is 9.80 Å². The Hall–Kier alpha value is -2.97. The molecule has 0 unspecified atom stereocenters. The van der Waals surface area contributed by atoms with Gasteiger partial charge in [-0.05, 0) is 19.1 Å². The second kappa shape index (κ2) is 10.5. The monoisotopic (exact) mass is 408 g/mol. The molecule has 0 spiro atoms. The van der Waals surface area contributed by atoms with Crippen LogP contribution in [0.15, 0.2) is 12.1 Å². The largest absolute Gasteiger partial charge is 0.493 e. The first-order valence-electron chi connectivity index (χ1n) is 9.47. The maximum absolute atomic E-state index is 12.9. The molecule has 2 rings (SSSR count). The van der Waals surface area contributed by atoms with Crippen LogP contribution in [0.25, 0.3) is 0 Å². The standard InChI is InChI=1S/C20H28N2O7/c1-5-29-18(24)7-6-17(23)21-8-10-22(11-9-21)20(25)14-12-15(26-2)19(28-4)16(13-14)27-3/h12-13H,5-11H2,1-4H3. The number of ether oxygens (including phenoxy) is 4. The third-order valence-corrected chi connectivity index (χ3v) is 4.68. The zero-order chi connectivity index (χ0) is 21.4. The van der Waals surface area contributed by atoms with E-state index in [0.29, 0.717) is 55.6 Å². The van der Waals surface area contributed by atoms with Crippen LogP contribution in [-0.4, -0.2) is 81.7 Å². The van der Waals surface area contributed by atoms with Gasteiger partial charge in [0.25, 0.3) is 5.91 Å². The number of hydrogen-bond donors (Lipinski definition) is 0. The van der Waals surface area contributed by atoms with Crippen LogP contribution < -0.4 is 14.2 Å². The SMILES string of the molecule is CCOC(=O)CCC(=O)N1CCN(C(=O)c2cc(OC)c(OC)c(OC)c2)CC1. The summed E-state index contributed by atoms with van der Waals surface area (Å²) in [6.45, 7) is 3.66. The first-order chi connectivity index (χ1) is 13.9. The number of esters is 1. The van der Waals surface area contributed by atoms with E-state index in [4.69, 9.17) is 18.9 Å². The molecule has 9 heteroatoms. The highest BCUT2D eigenvalue weighted by Gasteiger charge is 2.26. The number of methoxy groups -OCH3 is 3. The maximum Gasteiger partial charge on any atom is 0.306 e. The summed E-state index contributed by atoms with van der Waals surface area (Å²) < 4.78 is 20.7. The molecule has 1 fully saturated rings. The number of nitrogens with zero attached hydrogens (tertiary/aromatic N) is 2. The molecule has 1 heterocycles. The second-order valence-electron chi connectivity index (χ2n) is 6.39. The average Bonchev–Trinajstić information content (AvgIpc) is 2.76. The van der Waals surface area contributed by atoms with Crippen molar-refractivity contribution in [2.24, 2.45) is 0 Å². The summed E-state index contributed by atoms with van der Waals surface area (Å²) in [5, 5.41) is 0. The van der Waals surface area contributed by atoms with Gasteiger partial charge in [-0.15, -0.1) is 0 Å². The lowest BCUT2D eigenvalue weighted by molar-refractivity contribution is -0.146. The van der Waals surface area contributed by atoms with Crippen LogP contribution in [0.3, 0.4) is 0 Å². The Morgan fingerprint density at radius 2 is 1.41 bits per heavy atom. The molecule has 0 aliphatic carbocycles. The van der Waals surface area contributed by atoms with E-state index in [0.717, 1.165) is 0 Å². The van der Waals surface area contributed by atoms with Gasteiger partial charge in [-0.3, -0.25) is 14.4 Å². The minimum absolute atomic E-state index is 0.0667. The van der Waals surface area contributed by atoms with Gasteiger partial charge in [-0.2, -0.15) is 0 Å². The fourth-order valence-corrected chi connectivity index (χ4v) is 3.15. The quantitative estimate of drug-likeness (QED) is 0.599. The summed E-state index contributed by atoms with van der Waals surface area (Å²) in [5.41, 5.74) is 0.418. The Morgan fingerprint density at radius 3 is 1.90 bits per heavy atom. The summed E-state index contributed by atoms with van der Waals surface area (Å²) in [7, 11) is 4.48. The molecule has 2 amide bonds. The van der Waals surface area contributed by atoms with Crippen molar-refractivity contribution in [2.45, 2.75) is 19.8 Å². The molecule has 0 N–H and O–H groups in total. The third kappa shape index (κ3) is 5.52. The van der Waals surface area contributed by atoms with Gasteiger partial charge in [0, 0.05) is 38.2 Å². The highest BCUT2D eigenvalue weighted by atomic mass is 16.5. The van der Waals surface area contributed by atoms with Gasteiger partial charge in [0.1, 0.15) is 0 Å². The van der Waals surface area contributed by atoms with Crippen LogP contribution in [0.2, 0.25) is 0 Å². The molecule has 0 saturated carbocycles. The van der Waals surface area contributed by atoms with E-state index in [1.165, 1.54) is 21.3 Å². The number of piperazine rings is 1. The molecule has 1 aromatic rings. The Kier molecular flexibility index (Phi) is 8.11. The molecule has 0 atom stereocenters. The maximum atomic E-state index is 12.9. The number of carbonyl (C=O) groups excluding carboxylic acids is 3. The predicted molar refractivity (Wildman–Crippen MR) is 104 cm³/mol. The van der Waals surface area contributed by atoms with Gasteiger partial charge in [0.05, 0.1) is 34.4 Å². The van der Waals surface area contributed by atoms with Gasteiger partial charge in [-0.25, -0.2) is 0 Å². The highest BCUT2D eigenvalue weighted by molar-refractivity contribution is 5.96. The van der Waals surface area contributed by atoms with E-state index < -0.39 is 0 Å². The number of amides is 2. The van der Waals surface area contributed by atoms with Crippen molar-refractivity contribution in [3.63, 3.8) is 0 Å². The molecule has 0 radical (unpaired) electrons. The Balaban J connectivity index is 1.98. The molecule has 1 aromatic carbocycles. The van der Waals surface area contributed by atoms with Gasteiger partial charge in [0.15, 0.2) is 11.5 Å². The summed E-state index contributed by atoms with van der Waals surface area (Å²) in [4.78, 5) is 39.9. The predicted octanol–water partition coefficient (Wildman–Crippen LogP) is 1.34. The number of hydrogen-bond acceptors (Lipinski definition) is 7. The first kappa shape index (κ1) is 22.3. The van der Waals surface area contributed by atoms with Crippen molar-refractivity contribution < 1.29 is 33.3 Å². The molecule has 1 saturated heterocycles. The molecule has 9 nitrogen and oxygen atoms in total. The molecule has 29 heavy (non-hydrogen) atoms. The van der Waals surface area contributed by atoms with Gasteiger partial charge < -0.3 is 28.7 Å². The van der Waals surface area contributed by atoms with Crippen molar-refractivity contribution in [3.05, 3.63) is 17.7 Å². The van der Waals surface area contributed by atoms with Crippen molar-refractivity contribution in [2.75, 3.05) is 54.1 Å². The number of carbonyl (C=O) groups is 3. The van der Waals surface area contributed by atoms with Crippen molar-refractivity contribution in [1.29, 1.82) is 0 Å². The fourth-order valence-electron chi connectivity index (χ4n) is 3.15. The average molecular weight is 408 g/mol.